The first kappa shape index (κ1) is 10.6. The third kappa shape index (κ3) is 1.89. The van der Waals surface area contributed by atoms with E-state index in [1.54, 1.807) is 32.3 Å². The lowest BCUT2D eigenvalue weighted by Gasteiger charge is -2.05. The second kappa shape index (κ2) is 3.93. The summed E-state index contributed by atoms with van der Waals surface area (Å²) in [6.45, 7) is 1.72. The Morgan fingerprint density at radius 1 is 1.12 bits per heavy atom. The minimum atomic E-state index is -0.230. The van der Waals surface area contributed by atoms with E-state index in [1.807, 2.05) is 6.07 Å². The Hall–Kier alpha value is -1.90. The molecular weight excluding hydrogens is 205 g/mol. The highest BCUT2D eigenvalue weighted by Gasteiger charge is 2.02. The molecule has 3 heteroatoms. The maximum atomic E-state index is 13.4. The van der Waals surface area contributed by atoms with Crippen LogP contribution in [-0.4, -0.2) is 4.57 Å². The van der Waals surface area contributed by atoms with E-state index in [1.165, 1.54) is 16.7 Å². The number of nitrogens with zero attached hydrogens (tertiary/aromatic N) is 1. The van der Waals surface area contributed by atoms with Crippen molar-refractivity contribution in [2.75, 3.05) is 0 Å². The van der Waals surface area contributed by atoms with Crippen molar-refractivity contribution in [1.29, 1.82) is 0 Å². The molecule has 0 bridgehead atoms. The molecule has 82 valence electrons. The Balaban J connectivity index is 2.54. The lowest BCUT2D eigenvalue weighted by molar-refractivity contribution is 0.619. The predicted molar refractivity (Wildman–Crippen MR) is 61.8 cm³/mol. The second-order valence-electron chi connectivity index (χ2n) is 3.83. The summed E-state index contributed by atoms with van der Waals surface area (Å²) in [5.74, 6) is -0.230. The zero-order valence-electron chi connectivity index (χ0n) is 9.20. The zero-order chi connectivity index (χ0) is 11.7. The minimum Gasteiger partial charge on any atom is -0.318 e. The van der Waals surface area contributed by atoms with E-state index in [4.69, 9.17) is 0 Å². The highest BCUT2D eigenvalue weighted by atomic mass is 19.1. The monoisotopic (exact) mass is 217 g/mol. The molecule has 0 aliphatic rings. The van der Waals surface area contributed by atoms with Crippen molar-refractivity contribution in [3.8, 4) is 11.1 Å². The maximum absolute atomic E-state index is 13.4. The van der Waals surface area contributed by atoms with Gasteiger partial charge in [-0.3, -0.25) is 4.79 Å². The van der Waals surface area contributed by atoms with Crippen molar-refractivity contribution in [3.05, 3.63) is 58.3 Å². The lowest BCUT2D eigenvalue weighted by atomic mass is 10.1. The standard InChI is InChI=1S/C13H12FNO/c1-9-3-4-10(7-12(9)14)11-5-6-13(16)15(2)8-11/h3-8H,1-2H3. The number of aromatic nitrogens is 1. The molecule has 0 radical (unpaired) electrons. The van der Waals surface area contributed by atoms with E-state index in [0.717, 1.165) is 11.1 Å². The number of hydrogen-bond acceptors (Lipinski definition) is 1. The summed E-state index contributed by atoms with van der Waals surface area (Å²) in [5, 5.41) is 0. The minimum absolute atomic E-state index is 0.0728. The third-order valence-corrected chi connectivity index (χ3v) is 2.59. The Bertz CT molecular complexity index is 587. The van der Waals surface area contributed by atoms with E-state index in [0.29, 0.717) is 5.56 Å². The fourth-order valence-electron chi connectivity index (χ4n) is 1.54. The molecule has 0 N–H and O–H groups in total. The Labute approximate surface area is 93.0 Å². The third-order valence-electron chi connectivity index (χ3n) is 2.59. The molecule has 2 nitrogen and oxygen atoms in total. The molecular formula is C13H12FNO. The number of hydrogen-bond donors (Lipinski definition) is 0. The first-order valence-corrected chi connectivity index (χ1v) is 5.01. The van der Waals surface area contributed by atoms with Crippen LogP contribution in [-0.2, 0) is 7.05 Å². The summed E-state index contributed by atoms with van der Waals surface area (Å²) in [7, 11) is 1.68. The molecule has 2 rings (SSSR count). The van der Waals surface area contributed by atoms with E-state index in [2.05, 4.69) is 0 Å². The number of pyridine rings is 1. The molecule has 0 aliphatic heterocycles. The molecule has 2 aromatic rings. The SMILES string of the molecule is Cc1ccc(-c2ccc(=O)n(C)c2)cc1F. The normalized spacial score (nSPS) is 10.4. The molecule has 0 saturated carbocycles. The van der Waals surface area contributed by atoms with Crippen LogP contribution in [0, 0.1) is 12.7 Å². The lowest BCUT2D eigenvalue weighted by Crippen LogP contribution is -2.13. The van der Waals surface area contributed by atoms with Crippen LogP contribution >= 0.6 is 0 Å². The molecule has 16 heavy (non-hydrogen) atoms. The molecule has 1 aromatic heterocycles. The van der Waals surface area contributed by atoms with Crippen LogP contribution in [0.25, 0.3) is 11.1 Å². The van der Waals surface area contributed by atoms with E-state index >= 15 is 0 Å². The van der Waals surface area contributed by atoms with Gasteiger partial charge < -0.3 is 4.57 Å². The van der Waals surface area contributed by atoms with Gasteiger partial charge in [0.15, 0.2) is 0 Å². The second-order valence-corrected chi connectivity index (χ2v) is 3.83. The zero-order valence-corrected chi connectivity index (χ0v) is 9.20. The van der Waals surface area contributed by atoms with Crippen molar-refractivity contribution in [3.63, 3.8) is 0 Å². The van der Waals surface area contributed by atoms with Gasteiger partial charge in [-0.15, -0.1) is 0 Å². The highest BCUT2D eigenvalue weighted by molar-refractivity contribution is 5.62. The van der Waals surface area contributed by atoms with Crippen LogP contribution in [0.2, 0.25) is 0 Å². The van der Waals surface area contributed by atoms with E-state index < -0.39 is 0 Å². The van der Waals surface area contributed by atoms with Gasteiger partial charge in [-0.2, -0.15) is 0 Å². The smallest absolute Gasteiger partial charge is 0.250 e. The van der Waals surface area contributed by atoms with Crippen LogP contribution in [0.4, 0.5) is 4.39 Å². The van der Waals surface area contributed by atoms with Gasteiger partial charge in [0, 0.05) is 19.3 Å². The van der Waals surface area contributed by atoms with Crippen molar-refractivity contribution >= 4 is 0 Å². The number of halogens is 1. The Morgan fingerprint density at radius 3 is 2.44 bits per heavy atom. The highest BCUT2D eigenvalue weighted by Crippen LogP contribution is 2.20. The molecule has 0 aliphatic carbocycles. The van der Waals surface area contributed by atoms with Crippen molar-refractivity contribution in [2.24, 2.45) is 7.05 Å². The fraction of sp³-hybridized carbons (Fsp3) is 0.154. The van der Waals surface area contributed by atoms with Gasteiger partial charge >= 0.3 is 0 Å². The maximum Gasteiger partial charge on any atom is 0.250 e. The Kier molecular flexibility index (Phi) is 2.60. The molecule has 0 fully saturated rings. The van der Waals surface area contributed by atoms with Crippen molar-refractivity contribution < 1.29 is 4.39 Å². The summed E-state index contributed by atoms with van der Waals surface area (Å²) >= 11 is 0. The van der Waals surface area contributed by atoms with Gasteiger partial charge in [0.25, 0.3) is 0 Å². The summed E-state index contributed by atoms with van der Waals surface area (Å²) < 4.78 is 14.9. The summed E-state index contributed by atoms with van der Waals surface area (Å²) in [4.78, 5) is 11.2. The van der Waals surface area contributed by atoms with Crippen molar-refractivity contribution in [2.45, 2.75) is 6.92 Å². The van der Waals surface area contributed by atoms with Crippen LogP contribution in [0.1, 0.15) is 5.56 Å². The van der Waals surface area contributed by atoms with Gasteiger partial charge in [0.2, 0.25) is 5.56 Å². The van der Waals surface area contributed by atoms with Crippen LogP contribution in [0.5, 0.6) is 0 Å². The molecule has 0 amide bonds. The first-order valence-electron chi connectivity index (χ1n) is 5.01. The molecule has 1 heterocycles. The summed E-state index contributed by atoms with van der Waals surface area (Å²) in [5.41, 5.74) is 2.16. The van der Waals surface area contributed by atoms with E-state index in [-0.39, 0.29) is 11.4 Å². The average molecular weight is 217 g/mol. The quantitative estimate of drug-likeness (QED) is 0.719. The van der Waals surface area contributed by atoms with Gasteiger partial charge in [0.05, 0.1) is 0 Å². The predicted octanol–water partition coefficient (Wildman–Crippen LogP) is 2.50. The largest absolute Gasteiger partial charge is 0.318 e. The van der Waals surface area contributed by atoms with E-state index in [9.17, 15) is 9.18 Å². The van der Waals surface area contributed by atoms with Gasteiger partial charge in [0.1, 0.15) is 5.82 Å². The van der Waals surface area contributed by atoms with Crippen LogP contribution < -0.4 is 5.56 Å². The number of rotatable bonds is 1. The summed E-state index contributed by atoms with van der Waals surface area (Å²) in [6.07, 6.45) is 1.70. The topological polar surface area (TPSA) is 22.0 Å². The van der Waals surface area contributed by atoms with Gasteiger partial charge in [-0.05, 0) is 35.7 Å². The summed E-state index contributed by atoms with van der Waals surface area (Å²) in [6, 6.07) is 8.24. The van der Waals surface area contributed by atoms with Crippen molar-refractivity contribution in [1.82, 2.24) is 4.57 Å². The molecule has 0 unspecified atom stereocenters. The Morgan fingerprint density at radius 2 is 1.81 bits per heavy atom. The average Bonchev–Trinajstić information content (AvgIpc) is 2.26. The molecule has 0 saturated heterocycles. The molecule has 0 atom stereocenters. The number of aryl methyl sites for hydroxylation is 2. The van der Waals surface area contributed by atoms with Crippen LogP contribution in [0.15, 0.2) is 41.3 Å². The first-order chi connectivity index (χ1) is 7.58. The van der Waals surface area contributed by atoms with Gasteiger partial charge in [-0.25, -0.2) is 4.39 Å². The van der Waals surface area contributed by atoms with Gasteiger partial charge in [-0.1, -0.05) is 12.1 Å². The van der Waals surface area contributed by atoms with Crippen LogP contribution in [0.3, 0.4) is 0 Å². The molecule has 1 aromatic carbocycles. The fourth-order valence-corrected chi connectivity index (χ4v) is 1.54. The number of benzene rings is 1. The molecule has 0 spiro atoms.